The number of hydrogen-bond donors (Lipinski definition) is 2. The van der Waals surface area contributed by atoms with Gasteiger partial charge in [-0.25, -0.2) is 4.98 Å². The Morgan fingerprint density at radius 2 is 1.94 bits per heavy atom. The molecule has 0 atom stereocenters. The van der Waals surface area contributed by atoms with Crippen molar-refractivity contribution >= 4 is 45.4 Å². The van der Waals surface area contributed by atoms with Crippen molar-refractivity contribution in [3.63, 3.8) is 0 Å². The zero-order chi connectivity index (χ0) is 11.5. The van der Waals surface area contributed by atoms with Crippen LogP contribution in [0.15, 0.2) is 23.6 Å². The molecule has 84 valence electrons. The SMILES string of the molecule is Nc1nc(CNc2cc(Cl)cc(Cl)c2)cs1. The van der Waals surface area contributed by atoms with Crippen LogP contribution in [-0.4, -0.2) is 4.98 Å². The molecule has 1 aromatic carbocycles. The number of nitrogens with zero attached hydrogens (tertiary/aromatic N) is 1. The Kier molecular flexibility index (Phi) is 3.53. The van der Waals surface area contributed by atoms with Crippen LogP contribution in [0.3, 0.4) is 0 Å². The second-order valence-corrected chi connectivity index (χ2v) is 4.95. The molecule has 3 N–H and O–H groups in total. The molecule has 0 amide bonds. The zero-order valence-electron chi connectivity index (χ0n) is 8.21. The normalized spacial score (nSPS) is 10.4. The van der Waals surface area contributed by atoms with E-state index >= 15 is 0 Å². The van der Waals surface area contributed by atoms with Crippen molar-refractivity contribution < 1.29 is 0 Å². The van der Waals surface area contributed by atoms with Crippen molar-refractivity contribution in [2.24, 2.45) is 0 Å². The predicted octanol–water partition coefficient (Wildman–Crippen LogP) is 3.64. The van der Waals surface area contributed by atoms with Crippen LogP contribution < -0.4 is 11.1 Å². The van der Waals surface area contributed by atoms with Crippen molar-refractivity contribution in [2.75, 3.05) is 11.1 Å². The summed E-state index contributed by atoms with van der Waals surface area (Å²) in [5.74, 6) is 0. The van der Waals surface area contributed by atoms with Gasteiger partial charge in [-0.1, -0.05) is 23.2 Å². The van der Waals surface area contributed by atoms with Crippen LogP contribution in [0.5, 0.6) is 0 Å². The predicted molar refractivity (Wildman–Crippen MR) is 70.3 cm³/mol. The molecular formula is C10H9Cl2N3S. The molecule has 0 aliphatic carbocycles. The molecule has 0 saturated heterocycles. The fourth-order valence-corrected chi connectivity index (χ4v) is 2.34. The molecule has 2 aromatic rings. The third-order valence-electron chi connectivity index (χ3n) is 1.91. The highest BCUT2D eigenvalue weighted by atomic mass is 35.5. The van der Waals surface area contributed by atoms with Crippen LogP contribution in [0, 0.1) is 0 Å². The summed E-state index contributed by atoms with van der Waals surface area (Å²) >= 11 is 13.2. The highest BCUT2D eigenvalue weighted by Gasteiger charge is 2.00. The molecule has 0 aliphatic heterocycles. The van der Waals surface area contributed by atoms with Crippen molar-refractivity contribution in [3.05, 3.63) is 39.3 Å². The molecule has 0 fully saturated rings. The summed E-state index contributed by atoms with van der Waals surface area (Å²) in [5, 5.41) is 6.87. The molecule has 0 spiro atoms. The number of nitrogens with one attached hydrogen (secondary N) is 1. The van der Waals surface area contributed by atoms with E-state index in [1.54, 1.807) is 6.07 Å². The lowest BCUT2D eigenvalue weighted by molar-refractivity contribution is 1.08. The van der Waals surface area contributed by atoms with Gasteiger partial charge in [-0.2, -0.15) is 0 Å². The first-order valence-electron chi connectivity index (χ1n) is 4.53. The monoisotopic (exact) mass is 273 g/mol. The smallest absolute Gasteiger partial charge is 0.180 e. The fourth-order valence-electron chi connectivity index (χ4n) is 1.25. The number of halogens is 2. The number of rotatable bonds is 3. The van der Waals surface area contributed by atoms with Gasteiger partial charge >= 0.3 is 0 Å². The van der Waals surface area contributed by atoms with Crippen LogP contribution in [0.1, 0.15) is 5.69 Å². The maximum Gasteiger partial charge on any atom is 0.180 e. The lowest BCUT2D eigenvalue weighted by Gasteiger charge is -2.05. The summed E-state index contributed by atoms with van der Waals surface area (Å²) in [6.07, 6.45) is 0. The molecular weight excluding hydrogens is 265 g/mol. The number of nitrogens with two attached hydrogens (primary N) is 1. The van der Waals surface area contributed by atoms with Gasteiger partial charge in [0.2, 0.25) is 0 Å². The van der Waals surface area contributed by atoms with Crippen LogP contribution in [0.25, 0.3) is 0 Å². The zero-order valence-corrected chi connectivity index (χ0v) is 10.5. The van der Waals surface area contributed by atoms with E-state index in [1.807, 2.05) is 17.5 Å². The van der Waals surface area contributed by atoms with Crippen molar-refractivity contribution in [1.82, 2.24) is 4.98 Å². The molecule has 6 heteroatoms. The van der Waals surface area contributed by atoms with Crippen molar-refractivity contribution in [3.8, 4) is 0 Å². The number of nitrogen functional groups attached to an aromatic ring is 1. The van der Waals surface area contributed by atoms with Gasteiger partial charge < -0.3 is 11.1 Å². The van der Waals surface area contributed by atoms with E-state index in [9.17, 15) is 0 Å². The number of aromatic nitrogens is 1. The Hall–Kier alpha value is -0.970. The van der Waals surface area contributed by atoms with E-state index in [-0.39, 0.29) is 0 Å². The van der Waals surface area contributed by atoms with Gasteiger partial charge in [-0.05, 0) is 18.2 Å². The van der Waals surface area contributed by atoms with E-state index in [1.165, 1.54) is 11.3 Å². The molecule has 0 unspecified atom stereocenters. The van der Waals surface area contributed by atoms with Crippen LogP contribution in [0.2, 0.25) is 10.0 Å². The Morgan fingerprint density at radius 3 is 2.50 bits per heavy atom. The molecule has 0 radical (unpaired) electrons. The Balaban J connectivity index is 2.04. The Bertz CT molecular complexity index is 478. The van der Waals surface area contributed by atoms with Gasteiger partial charge in [0.05, 0.1) is 12.2 Å². The maximum atomic E-state index is 5.88. The second-order valence-electron chi connectivity index (χ2n) is 3.19. The number of thiazole rings is 1. The lowest BCUT2D eigenvalue weighted by atomic mass is 10.3. The molecule has 3 nitrogen and oxygen atoms in total. The quantitative estimate of drug-likeness (QED) is 0.898. The standard InChI is InChI=1S/C10H9Cl2N3S/c11-6-1-7(12)3-8(2-6)14-4-9-5-16-10(13)15-9/h1-3,5,14H,4H2,(H2,13,15). The van der Waals surface area contributed by atoms with E-state index in [0.717, 1.165) is 11.4 Å². The Labute approximate surface area is 107 Å². The minimum Gasteiger partial charge on any atom is -0.379 e. The molecule has 16 heavy (non-hydrogen) atoms. The summed E-state index contributed by atoms with van der Waals surface area (Å²) < 4.78 is 0. The van der Waals surface area contributed by atoms with Gasteiger partial charge in [0.15, 0.2) is 5.13 Å². The van der Waals surface area contributed by atoms with Gasteiger partial charge in [0.1, 0.15) is 0 Å². The summed E-state index contributed by atoms with van der Waals surface area (Å²) in [4.78, 5) is 4.14. The molecule has 1 aromatic heterocycles. The topological polar surface area (TPSA) is 50.9 Å². The Morgan fingerprint density at radius 1 is 1.25 bits per heavy atom. The summed E-state index contributed by atoms with van der Waals surface area (Å²) in [6, 6.07) is 5.31. The first-order valence-corrected chi connectivity index (χ1v) is 6.17. The fraction of sp³-hybridized carbons (Fsp3) is 0.100. The van der Waals surface area contributed by atoms with E-state index in [0.29, 0.717) is 21.7 Å². The first-order chi connectivity index (χ1) is 7.63. The summed E-state index contributed by atoms with van der Waals surface area (Å²) in [7, 11) is 0. The average molecular weight is 274 g/mol. The second kappa shape index (κ2) is 4.91. The van der Waals surface area contributed by atoms with Crippen LogP contribution in [0.4, 0.5) is 10.8 Å². The number of hydrogen-bond acceptors (Lipinski definition) is 4. The highest BCUT2D eigenvalue weighted by Crippen LogP contribution is 2.23. The summed E-state index contributed by atoms with van der Waals surface area (Å²) in [6.45, 7) is 0.602. The molecule has 0 aliphatic rings. The van der Waals surface area contributed by atoms with Gasteiger partial charge in [-0.3, -0.25) is 0 Å². The van der Waals surface area contributed by atoms with Crippen LogP contribution in [-0.2, 0) is 6.54 Å². The number of anilines is 2. The van der Waals surface area contributed by atoms with Crippen molar-refractivity contribution in [1.29, 1.82) is 0 Å². The van der Waals surface area contributed by atoms with Gasteiger partial charge in [0, 0.05) is 21.1 Å². The average Bonchev–Trinajstić information content (AvgIpc) is 2.60. The lowest BCUT2D eigenvalue weighted by Crippen LogP contribution is -1.99. The molecule has 0 bridgehead atoms. The van der Waals surface area contributed by atoms with E-state index in [2.05, 4.69) is 10.3 Å². The summed E-state index contributed by atoms with van der Waals surface area (Å²) in [5.41, 5.74) is 7.30. The minimum absolute atomic E-state index is 0.570. The largest absolute Gasteiger partial charge is 0.379 e. The van der Waals surface area contributed by atoms with E-state index in [4.69, 9.17) is 28.9 Å². The van der Waals surface area contributed by atoms with Gasteiger partial charge in [-0.15, -0.1) is 11.3 Å². The third kappa shape index (κ3) is 3.01. The minimum atomic E-state index is 0.570. The number of benzene rings is 1. The van der Waals surface area contributed by atoms with Crippen molar-refractivity contribution in [2.45, 2.75) is 6.54 Å². The molecule has 2 rings (SSSR count). The molecule has 0 saturated carbocycles. The molecule has 1 heterocycles. The van der Waals surface area contributed by atoms with Crippen LogP contribution >= 0.6 is 34.5 Å². The highest BCUT2D eigenvalue weighted by molar-refractivity contribution is 7.13. The van der Waals surface area contributed by atoms with E-state index < -0.39 is 0 Å². The first kappa shape index (κ1) is 11.5. The maximum absolute atomic E-state index is 5.88. The third-order valence-corrected chi connectivity index (χ3v) is 3.06. The van der Waals surface area contributed by atoms with Gasteiger partial charge in [0.25, 0.3) is 0 Å².